The zero-order chi connectivity index (χ0) is 20.2. The van der Waals surface area contributed by atoms with E-state index in [2.05, 4.69) is 5.32 Å². The first kappa shape index (κ1) is 19.5. The van der Waals surface area contributed by atoms with Crippen LogP contribution in [0.4, 0.5) is 5.00 Å². The first-order valence-electron chi connectivity index (χ1n) is 9.77. The number of aryl methyl sites for hydroxylation is 1. The number of nitrogens with one attached hydrogen (secondary N) is 1. The Morgan fingerprint density at radius 1 is 1.10 bits per heavy atom. The minimum atomic E-state index is -0.391. The molecule has 29 heavy (non-hydrogen) atoms. The number of hydrogen-bond acceptors (Lipinski definition) is 6. The third-order valence-corrected chi connectivity index (χ3v) is 6.33. The summed E-state index contributed by atoms with van der Waals surface area (Å²) in [7, 11) is 1.38. The van der Waals surface area contributed by atoms with Crippen LogP contribution in [0, 0.1) is 0 Å². The Bertz CT molecular complexity index is 962. The monoisotopic (exact) mass is 413 g/mol. The summed E-state index contributed by atoms with van der Waals surface area (Å²) in [6, 6.07) is 5.49. The van der Waals surface area contributed by atoms with Gasteiger partial charge in [0, 0.05) is 11.0 Å². The average Bonchev–Trinajstić information content (AvgIpc) is 3.30. The van der Waals surface area contributed by atoms with Gasteiger partial charge in [0.2, 0.25) is 12.7 Å². The molecular formula is C22H23NO5S. The van der Waals surface area contributed by atoms with Crippen molar-refractivity contribution in [3.05, 3.63) is 45.8 Å². The Kier molecular flexibility index (Phi) is 5.85. The number of carbonyl (C=O) groups is 2. The van der Waals surface area contributed by atoms with Crippen LogP contribution in [0.2, 0.25) is 0 Å². The topological polar surface area (TPSA) is 73.9 Å². The molecule has 152 valence electrons. The van der Waals surface area contributed by atoms with Crippen molar-refractivity contribution in [1.82, 2.24) is 0 Å². The number of ether oxygens (including phenoxy) is 3. The first-order valence-corrected chi connectivity index (χ1v) is 10.6. The summed E-state index contributed by atoms with van der Waals surface area (Å²) >= 11 is 1.49. The van der Waals surface area contributed by atoms with E-state index >= 15 is 0 Å². The third-order valence-electron chi connectivity index (χ3n) is 5.12. The molecule has 0 saturated carbocycles. The van der Waals surface area contributed by atoms with E-state index in [4.69, 9.17) is 14.2 Å². The molecular weight excluding hydrogens is 390 g/mol. The molecule has 1 N–H and O–H groups in total. The van der Waals surface area contributed by atoms with Gasteiger partial charge < -0.3 is 19.5 Å². The normalized spacial score (nSPS) is 15.5. The van der Waals surface area contributed by atoms with Crippen LogP contribution in [0.3, 0.4) is 0 Å². The highest BCUT2D eigenvalue weighted by Gasteiger charge is 2.25. The highest BCUT2D eigenvalue weighted by atomic mass is 32.1. The molecule has 0 bridgehead atoms. The van der Waals surface area contributed by atoms with Crippen LogP contribution >= 0.6 is 11.3 Å². The first-order chi connectivity index (χ1) is 14.2. The van der Waals surface area contributed by atoms with Crippen molar-refractivity contribution in [2.75, 3.05) is 19.2 Å². The molecule has 1 aliphatic carbocycles. The highest BCUT2D eigenvalue weighted by molar-refractivity contribution is 7.17. The van der Waals surface area contributed by atoms with Crippen LogP contribution in [-0.4, -0.2) is 25.8 Å². The number of methoxy groups -OCH3 is 1. The maximum atomic E-state index is 12.5. The summed E-state index contributed by atoms with van der Waals surface area (Å²) in [5.74, 6) is 0.684. The minimum Gasteiger partial charge on any atom is -0.465 e. The lowest BCUT2D eigenvalue weighted by molar-refractivity contribution is -0.111. The summed E-state index contributed by atoms with van der Waals surface area (Å²) < 4.78 is 15.7. The molecule has 2 heterocycles. The Balaban J connectivity index is 1.54. The second-order valence-corrected chi connectivity index (χ2v) is 8.15. The van der Waals surface area contributed by atoms with Crippen molar-refractivity contribution < 1.29 is 23.8 Å². The van der Waals surface area contributed by atoms with Crippen molar-refractivity contribution in [3.8, 4) is 11.5 Å². The third kappa shape index (κ3) is 4.29. The van der Waals surface area contributed by atoms with Gasteiger partial charge >= 0.3 is 5.97 Å². The van der Waals surface area contributed by atoms with Crippen LogP contribution in [0.5, 0.6) is 11.5 Å². The minimum absolute atomic E-state index is 0.211. The Hall–Kier alpha value is -2.80. The molecule has 1 aliphatic heterocycles. The zero-order valence-electron chi connectivity index (χ0n) is 16.3. The van der Waals surface area contributed by atoms with Gasteiger partial charge in [-0.15, -0.1) is 11.3 Å². The van der Waals surface area contributed by atoms with Crippen LogP contribution in [0.15, 0.2) is 24.3 Å². The molecule has 1 aromatic heterocycles. The fraction of sp³-hybridized carbons (Fsp3) is 0.364. The van der Waals surface area contributed by atoms with Crippen LogP contribution < -0.4 is 14.8 Å². The van der Waals surface area contributed by atoms with Crippen molar-refractivity contribution in [2.24, 2.45) is 0 Å². The van der Waals surface area contributed by atoms with Gasteiger partial charge in [0.05, 0.1) is 12.7 Å². The second-order valence-electron chi connectivity index (χ2n) is 7.05. The number of rotatable bonds is 4. The fourth-order valence-corrected chi connectivity index (χ4v) is 4.95. The molecule has 0 fully saturated rings. The van der Waals surface area contributed by atoms with Crippen LogP contribution in [-0.2, 0) is 22.4 Å². The van der Waals surface area contributed by atoms with Gasteiger partial charge in [0.15, 0.2) is 11.5 Å². The molecule has 0 spiro atoms. The molecule has 0 unspecified atom stereocenters. The van der Waals surface area contributed by atoms with E-state index in [9.17, 15) is 9.59 Å². The lowest BCUT2D eigenvalue weighted by Crippen LogP contribution is -2.12. The maximum absolute atomic E-state index is 12.5. The molecule has 1 aromatic carbocycles. The van der Waals surface area contributed by atoms with E-state index in [1.807, 2.05) is 18.2 Å². The predicted molar refractivity (Wildman–Crippen MR) is 112 cm³/mol. The molecule has 2 aliphatic rings. The molecule has 2 aromatic rings. The van der Waals surface area contributed by atoms with Gasteiger partial charge in [0.25, 0.3) is 0 Å². The fourth-order valence-electron chi connectivity index (χ4n) is 3.67. The maximum Gasteiger partial charge on any atom is 0.341 e. The Morgan fingerprint density at radius 3 is 2.72 bits per heavy atom. The average molecular weight is 413 g/mol. The van der Waals surface area contributed by atoms with Crippen molar-refractivity contribution >= 4 is 34.3 Å². The molecule has 6 nitrogen and oxygen atoms in total. The molecule has 1 amide bonds. The van der Waals surface area contributed by atoms with Gasteiger partial charge in [0.1, 0.15) is 5.00 Å². The SMILES string of the molecule is COC(=O)c1c(NC(=O)C=Cc2ccc3c(c2)OCO3)sc2c1CCCCCC2. The van der Waals surface area contributed by atoms with E-state index in [1.54, 1.807) is 6.08 Å². The standard InChI is InChI=1S/C22H23NO5S/c1-26-22(25)20-15-6-4-2-3-5-7-18(15)29-21(20)23-19(24)11-9-14-8-10-16-17(12-14)28-13-27-16/h8-12H,2-7,13H2,1H3,(H,23,24). The quantitative estimate of drug-likeness (QED) is 0.587. The number of carbonyl (C=O) groups excluding carboxylic acids is 2. The number of anilines is 1. The number of thiophene rings is 1. The Morgan fingerprint density at radius 2 is 1.90 bits per heavy atom. The molecule has 7 heteroatoms. The highest BCUT2D eigenvalue weighted by Crippen LogP contribution is 2.37. The predicted octanol–water partition coefficient (Wildman–Crippen LogP) is 4.57. The molecule has 0 atom stereocenters. The summed E-state index contributed by atoms with van der Waals surface area (Å²) in [6.07, 6.45) is 9.46. The van der Waals surface area contributed by atoms with Gasteiger partial charge in [-0.05, 0) is 55.0 Å². The van der Waals surface area contributed by atoms with Crippen molar-refractivity contribution in [1.29, 1.82) is 0 Å². The van der Waals surface area contributed by atoms with E-state index in [-0.39, 0.29) is 12.7 Å². The van der Waals surface area contributed by atoms with E-state index in [0.29, 0.717) is 22.1 Å². The van der Waals surface area contributed by atoms with Gasteiger partial charge in [-0.1, -0.05) is 18.9 Å². The number of fused-ring (bicyclic) bond motifs is 2. The number of esters is 1. The van der Waals surface area contributed by atoms with Crippen molar-refractivity contribution in [2.45, 2.75) is 38.5 Å². The summed E-state index contributed by atoms with van der Waals surface area (Å²) in [6.45, 7) is 0.211. The lowest BCUT2D eigenvalue weighted by Gasteiger charge is -2.10. The Labute approximate surface area is 173 Å². The number of hydrogen-bond donors (Lipinski definition) is 1. The van der Waals surface area contributed by atoms with E-state index < -0.39 is 5.97 Å². The largest absolute Gasteiger partial charge is 0.465 e. The molecule has 4 rings (SSSR count). The number of benzene rings is 1. The van der Waals surface area contributed by atoms with E-state index in [0.717, 1.165) is 43.2 Å². The molecule has 0 radical (unpaired) electrons. The van der Waals surface area contributed by atoms with Crippen LogP contribution in [0.1, 0.15) is 52.0 Å². The smallest absolute Gasteiger partial charge is 0.341 e. The van der Waals surface area contributed by atoms with Gasteiger partial charge in [-0.2, -0.15) is 0 Å². The van der Waals surface area contributed by atoms with Crippen LogP contribution in [0.25, 0.3) is 6.08 Å². The van der Waals surface area contributed by atoms with Gasteiger partial charge in [-0.3, -0.25) is 4.79 Å². The summed E-state index contributed by atoms with van der Waals surface area (Å²) in [5, 5.41) is 3.46. The van der Waals surface area contributed by atoms with E-state index in [1.165, 1.54) is 35.8 Å². The second kappa shape index (κ2) is 8.69. The zero-order valence-corrected chi connectivity index (χ0v) is 17.1. The molecule has 0 saturated heterocycles. The summed E-state index contributed by atoms with van der Waals surface area (Å²) in [5.41, 5.74) is 2.38. The number of amides is 1. The van der Waals surface area contributed by atoms with Gasteiger partial charge in [-0.25, -0.2) is 4.79 Å². The van der Waals surface area contributed by atoms with Crippen molar-refractivity contribution in [3.63, 3.8) is 0 Å². The summed E-state index contributed by atoms with van der Waals surface area (Å²) in [4.78, 5) is 26.1. The lowest BCUT2D eigenvalue weighted by atomic mass is 9.96.